The van der Waals surface area contributed by atoms with Gasteiger partial charge in [-0.1, -0.05) is 18.2 Å². The molecule has 0 spiro atoms. The molecule has 5 nitrogen and oxygen atoms in total. The highest BCUT2D eigenvalue weighted by atomic mass is 15.4. The van der Waals surface area contributed by atoms with Crippen LogP contribution in [0.25, 0.3) is 0 Å². The Bertz CT molecular complexity index is 491. The fraction of sp³-hybridized carbons (Fsp3) is 0.417. The highest BCUT2D eigenvalue weighted by molar-refractivity contribution is 5.16. The lowest BCUT2D eigenvalue weighted by Gasteiger charge is -2.03. The molecule has 0 bridgehead atoms. The van der Waals surface area contributed by atoms with Gasteiger partial charge in [0.2, 0.25) is 0 Å². The molecule has 0 saturated heterocycles. The van der Waals surface area contributed by atoms with Crippen LogP contribution < -0.4 is 5.73 Å². The first-order chi connectivity index (χ1) is 8.19. The molecule has 0 radical (unpaired) electrons. The second-order valence-corrected chi connectivity index (χ2v) is 4.23. The Labute approximate surface area is 101 Å². The van der Waals surface area contributed by atoms with Gasteiger partial charge in [-0.25, -0.2) is 4.68 Å². The highest BCUT2D eigenvalue weighted by Gasteiger charge is 2.08. The number of hydrogen-bond donors (Lipinski definition) is 1. The van der Waals surface area contributed by atoms with Crippen LogP contribution in [0, 0.1) is 6.92 Å². The van der Waals surface area contributed by atoms with E-state index in [0.717, 1.165) is 23.2 Å². The maximum Gasteiger partial charge on any atom is 0.0994 e. The van der Waals surface area contributed by atoms with E-state index in [2.05, 4.69) is 21.4 Å². The van der Waals surface area contributed by atoms with Crippen LogP contribution >= 0.6 is 0 Å². The molecule has 90 valence electrons. The first-order valence-corrected chi connectivity index (χ1v) is 5.75. The van der Waals surface area contributed by atoms with Gasteiger partial charge in [0.1, 0.15) is 0 Å². The SMILES string of the molecule is CCC(N)c1cn(Cc2cncc(C)c2)nn1. The molecule has 2 rings (SSSR count). The number of hydrogen-bond acceptors (Lipinski definition) is 4. The fourth-order valence-electron chi connectivity index (χ4n) is 1.66. The standard InChI is InChI=1S/C12H17N5/c1-3-11(13)12-8-17(16-15-12)7-10-4-9(2)5-14-6-10/h4-6,8,11H,3,7,13H2,1-2H3. The maximum atomic E-state index is 5.90. The van der Waals surface area contributed by atoms with Gasteiger partial charge in [0, 0.05) is 12.4 Å². The van der Waals surface area contributed by atoms with Gasteiger partial charge in [-0.3, -0.25) is 4.98 Å². The van der Waals surface area contributed by atoms with Crippen LogP contribution in [0.4, 0.5) is 0 Å². The van der Waals surface area contributed by atoms with E-state index in [1.165, 1.54) is 0 Å². The van der Waals surface area contributed by atoms with Gasteiger partial charge in [-0.05, 0) is 24.5 Å². The zero-order chi connectivity index (χ0) is 12.3. The number of aromatic nitrogens is 4. The van der Waals surface area contributed by atoms with Crippen molar-refractivity contribution in [2.24, 2.45) is 5.73 Å². The summed E-state index contributed by atoms with van der Waals surface area (Å²) < 4.78 is 1.79. The van der Waals surface area contributed by atoms with E-state index in [1.54, 1.807) is 4.68 Å². The monoisotopic (exact) mass is 231 g/mol. The summed E-state index contributed by atoms with van der Waals surface area (Å²) in [6, 6.07) is 2.06. The van der Waals surface area contributed by atoms with E-state index in [1.807, 2.05) is 32.4 Å². The van der Waals surface area contributed by atoms with Gasteiger partial charge in [0.25, 0.3) is 0 Å². The van der Waals surface area contributed by atoms with Gasteiger partial charge < -0.3 is 5.73 Å². The van der Waals surface area contributed by atoms with Gasteiger partial charge in [-0.15, -0.1) is 5.10 Å². The van der Waals surface area contributed by atoms with Crippen LogP contribution in [0.2, 0.25) is 0 Å². The molecule has 0 fully saturated rings. The van der Waals surface area contributed by atoms with Crippen molar-refractivity contribution in [3.8, 4) is 0 Å². The van der Waals surface area contributed by atoms with Crippen LogP contribution in [0.3, 0.4) is 0 Å². The molecule has 2 aromatic rings. The summed E-state index contributed by atoms with van der Waals surface area (Å²) in [4.78, 5) is 4.15. The lowest BCUT2D eigenvalue weighted by molar-refractivity contribution is 0.643. The van der Waals surface area contributed by atoms with Crippen molar-refractivity contribution in [1.29, 1.82) is 0 Å². The van der Waals surface area contributed by atoms with E-state index in [-0.39, 0.29) is 6.04 Å². The molecule has 0 saturated carbocycles. The van der Waals surface area contributed by atoms with Gasteiger partial charge in [0.05, 0.1) is 24.5 Å². The van der Waals surface area contributed by atoms with Gasteiger partial charge in [0.15, 0.2) is 0 Å². The third kappa shape index (κ3) is 2.88. The zero-order valence-corrected chi connectivity index (χ0v) is 10.2. The van der Waals surface area contributed by atoms with Gasteiger partial charge in [-0.2, -0.15) is 0 Å². The van der Waals surface area contributed by atoms with E-state index >= 15 is 0 Å². The summed E-state index contributed by atoms with van der Waals surface area (Å²) in [5.41, 5.74) is 9.00. The normalized spacial score (nSPS) is 12.6. The van der Waals surface area contributed by atoms with Crippen LogP contribution in [0.15, 0.2) is 24.7 Å². The summed E-state index contributed by atoms with van der Waals surface area (Å²) in [7, 11) is 0. The van der Waals surface area contributed by atoms with Crippen molar-refractivity contribution in [3.63, 3.8) is 0 Å². The summed E-state index contributed by atoms with van der Waals surface area (Å²) in [6.45, 7) is 4.74. The molecule has 0 aliphatic carbocycles. The third-order valence-electron chi connectivity index (χ3n) is 2.65. The maximum absolute atomic E-state index is 5.90. The average molecular weight is 231 g/mol. The van der Waals surface area contributed by atoms with Crippen molar-refractivity contribution >= 4 is 0 Å². The van der Waals surface area contributed by atoms with Crippen molar-refractivity contribution < 1.29 is 0 Å². The molecule has 1 atom stereocenters. The minimum absolute atomic E-state index is 0.0283. The smallest absolute Gasteiger partial charge is 0.0994 e. The minimum Gasteiger partial charge on any atom is -0.323 e. The van der Waals surface area contributed by atoms with Crippen LogP contribution in [-0.4, -0.2) is 20.0 Å². The number of nitrogens with zero attached hydrogens (tertiary/aromatic N) is 4. The number of pyridine rings is 1. The molecular weight excluding hydrogens is 214 g/mol. The molecule has 2 heterocycles. The van der Waals surface area contributed by atoms with Crippen molar-refractivity contribution in [2.75, 3.05) is 0 Å². The summed E-state index contributed by atoms with van der Waals surface area (Å²) in [6.07, 6.45) is 6.44. The second-order valence-electron chi connectivity index (χ2n) is 4.23. The molecule has 0 aromatic carbocycles. The highest BCUT2D eigenvalue weighted by Crippen LogP contribution is 2.10. The van der Waals surface area contributed by atoms with Crippen molar-refractivity contribution in [3.05, 3.63) is 41.5 Å². The summed E-state index contributed by atoms with van der Waals surface area (Å²) in [5, 5.41) is 8.14. The van der Waals surface area contributed by atoms with Gasteiger partial charge >= 0.3 is 0 Å². The first-order valence-electron chi connectivity index (χ1n) is 5.75. The Balaban J connectivity index is 2.11. The molecule has 0 aliphatic rings. The van der Waals surface area contributed by atoms with E-state index in [9.17, 15) is 0 Å². The Kier molecular flexibility index (Phi) is 3.49. The van der Waals surface area contributed by atoms with E-state index in [4.69, 9.17) is 5.73 Å². The Morgan fingerprint density at radius 1 is 1.41 bits per heavy atom. The van der Waals surface area contributed by atoms with E-state index in [0.29, 0.717) is 6.54 Å². The summed E-state index contributed by atoms with van der Waals surface area (Å²) in [5.74, 6) is 0. The lowest BCUT2D eigenvalue weighted by Crippen LogP contribution is -2.08. The molecule has 2 aromatic heterocycles. The Morgan fingerprint density at radius 2 is 2.24 bits per heavy atom. The quantitative estimate of drug-likeness (QED) is 0.864. The fourth-order valence-corrected chi connectivity index (χ4v) is 1.66. The third-order valence-corrected chi connectivity index (χ3v) is 2.65. The Morgan fingerprint density at radius 3 is 2.94 bits per heavy atom. The van der Waals surface area contributed by atoms with Crippen LogP contribution in [-0.2, 0) is 6.54 Å². The predicted octanol–water partition coefficient (Wildman–Crippen LogP) is 1.44. The van der Waals surface area contributed by atoms with Crippen LogP contribution in [0.5, 0.6) is 0 Å². The minimum atomic E-state index is -0.0283. The number of nitrogens with two attached hydrogens (primary N) is 1. The average Bonchev–Trinajstić information content (AvgIpc) is 2.76. The van der Waals surface area contributed by atoms with Crippen molar-refractivity contribution in [1.82, 2.24) is 20.0 Å². The first kappa shape index (κ1) is 11.7. The largest absolute Gasteiger partial charge is 0.323 e. The molecule has 2 N–H and O–H groups in total. The molecule has 0 aliphatic heterocycles. The zero-order valence-electron chi connectivity index (χ0n) is 10.2. The molecule has 5 heteroatoms. The van der Waals surface area contributed by atoms with Crippen molar-refractivity contribution in [2.45, 2.75) is 32.9 Å². The topological polar surface area (TPSA) is 69.6 Å². The number of aryl methyl sites for hydroxylation is 1. The van der Waals surface area contributed by atoms with E-state index < -0.39 is 0 Å². The molecular formula is C12H17N5. The molecule has 0 amide bonds. The Hall–Kier alpha value is -1.75. The molecule has 17 heavy (non-hydrogen) atoms. The number of rotatable bonds is 4. The van der Waals surface area contributed by atoms with Crippen LogP contribution in [0.1, 0.15) is 36.2 Å². The lowest BCUT2D eigenvalue weighted by atomic mass is 10.2. The second kappa shape index (κ2) is 5.05. The molecule has 1 unspecified atom stereocenters. The predicted molar refractivity (Wildman–Crippen MR) is 65.3 cm³/mol. The summed E-state index contributed by atoms with van der Waals surface area (Å²) >= 11 is 0.